The number of fused-ring (bicyclic) bond motifs is 13. The third-order valence-electron chi connectivity index (χ3n) is 12.7. The van der Waals surface area contributed by atoms with Crippen molar-refractivity contribution in [2.45, 2.75) is 64.1 Å². The van der Waals surface area contributed by atoms with Crippen molar-refractivity contribution in [1.29, 1.82) is 0 Å². The molecular formula is C51H43N13O14S5. The third kappa shape index (κ3) is 11.6. The van der Waals surface area contributed by atoms with Gasteiger partial charge in [-0.1, -0.05) is 24.8 Å². The fraction of sp³-hybridized carbons (Fsp3) is 0.216. The number of hydrogen-bond acceptors (Lipinski definition) is 25. The third-order valence-corrected chi connectivity index (χ3v) is 17.3. The van der Waals surface area contributed by atoms with Crippen molar-refractivity contribution in [3.8, 4) is 38.4 Å². The number of thiazole rings is 5. The summed E-state index contributed by atoms with van der Waals surface area (Å²) >= 11 is 4.62. The van der Waals surface area contributed by atoms with E-state index in [4.69, 9.17) is 25.2 Å². The van der Waals surface area contributed by atoms with Gasteiger partial charge >= 0.3 is 11.9 Å². The van der Waals surface area contributed by atoms with Crippen molar-refractivity contribution >= 4 is 121 Å². The number of carbonyl (C=O) groups excluding carboxylic acids is 8. The minimum atomic E-state index is -1.91. The predicted octanol–water partition coefficient (Wildman–Crippen LogP) is 3.88. The lowest BCUT2D eigenvalue weighted by atomic mass is 10.1. The Labute approximate surface area is 486 Å². The number of aliphatic hydroxyl groups is 2. The Morgan fingerprint density at radius 2 is 1.45 bits per heavy atom. The minimum absolute atomic E-state index is 0.00467. The second kappa shape index (κ2) is 23.4. The van der Waals surface area contributed by atoms with Gasteiger partial charge in [-0.3, -0.25) is 28.8 Å². The molecule has 0 fully saturated rings. The average molecular weight is 1220 g/mol. The molecule has 9 heterocycles. The zero-order valence-electron chi connectivity index (χ0n) is 43.1. The number of aryl methyl sites for hydroxylation is 1. The maximum atomic E-state index is 14.4. The minimum Gasteiger partial charge on any atom is -0.506 e. The lowest BCUT2D eigenvalue weighted by molar-refractivity contribution is -0.155. The van der Waals surface area contributed by atoms with Gasteiger partial charge in [0.25, 0.3) is 29.5 Å². The molecule has 11 N–H and O–H groups in total. The van der Waals surface area contributed by atoms with E-state index in [0.717, 1.165) is 56.7 Å². The molecule has 0 saturated heterocycles. The summed E-state index contributed by atoms with van der Waals surface area (Å²) in [5, 5.41) is 65.8. The van der Waals surface area contributed by atoms with E-state index in [1.807, 2.05) is 0 Å². The van der Waals surface area contributed by atoms with Gasteiger partial charge in [0.15, 0.2) is 11.8 Å². The number of allylic oxidation sites excluding steroid dienone is 1. The summed E-state index contributed by atoms with van der Waals surface area (Å²) < 4.78 is 12.0. The molecule has 0 saturated carbocycles. The van der Waals surface area contributed by atoms with Gasteiger partial charge < -0.3 is 62.3 Å². The molecule has 426 valence electrons. The summed E-state index contributed by atoms with van der Waals surface area (Å²) in [6, 6.07) is 1.72. The van der Waals surface area contributed by atoms with Crippen molar-refractivity contribution < 1.29 is 68.4 Å². The molecule has 0 spiro atoms. The number of hydrogen-bond donors (Lipinski definition) is 10. The van der Waals surface area contributed by atoms with Gasteiger partial charge in [-0.15, -0.1) is 56.7 Å². The summed E-state index contributed by atoms with van der Waals surface area (Å²) in [6.07, 6.45) is -2.45. The van der Waals surface area contributed by atoms with Crippen LogP contribution in [0.3, 0.4) is 0 Å². The monoisotopic (exact) mass is 1220 g/mol. The van der Waals surface area contributed by atoms with E-state index in [2.05, 4.69) is 53.1 Å². The first-order valence-electron chi connectivity index (χ1n) is 24.4. The summed E-state index contributed by atoms with van der Waals surface area (Å²) in [6.45, 7) is 6.74. The molecule has 0 aliphatic carbocycles. The molecule has 5 atom stereocenters. The molecule has 8 aromatic rings. The highest BCUT2D eigenvalue weighted by Crippen LogP contribution is 2.41. The SMILES string of the molecule is C=C(NC(=O)c1csc(-c2nc3c(cc2O)-c2nc(cs2)C(=O)NC(C(C)O)C(=O)NC(=CC)c2nc(cs2)C(=O)NC2CC(O)C(=O)OCc4cccc5c4c(C)c(n5O)C(=O)OCC(NC(=O)c4csc2n4)c2nc-3cs2)n1)C(N)=O. The van der Waals surface area contributed by atoms with Crippen LogP contribution in [0.25, 0.3) is 49.3 Å². The number of amides is 6. The van der Waals surface area contributed by atoms with E-state index in [-0.39, 0.29) is 92.9 Å². The normalized spacial score (nSPS) is 19.0. The smallest absolute Gasteiger partial charge is 0.358 e. The highest BCUT2D eigenvalue weighted by Gasteiger charge is 2.34. The van der Waals surface area contributed by atoms with Crippen molar-refractivity contribution in [2.24, 2.45) is 5.73 Å². The number of nitrogens with one attached hydrogen (secondary N) is 5. The molecule has 2 aliphatic heterocycles. The average Bonchev–Trinajstić information content (AvgIpc) is 4.15. The van der Waals surface area contributed by atoms with Gasteiger partial charge in [-0.05, 0) is 44.0 Å². The largest absolute Gasteiger partial charge is 0.506 e. The molecule has 83 heavy (non-hydrogen) atoms. The quantitative estimate of drug-likeness (QED) is 0.0664. The number of aromatic hydroxyl groups is 1. The summed E-state index contributed by atoms with van der Waals surface area (Å²) in [5.74, 6) is -7.95. The van der Waals surface area contributed by atoms with E-state index in [9.17, 15) is 58.9 Å². The Morgan fingerprint density at radius 1 is 0.819 bits per heavy atom. The van der Waals surface area contributed by atoms with Crippen LogP contribution in [0.1, 0.15) is 111 Å². The topological polar surface area (TPSA) is 404 Å². The summed E-state index contributed by atoms with van der Waals surface area (Å²) in [5.41, 5.74) is 4.45. The van der Waals surface area contributed by atoms with Crippen molar-refractivity contribution in [2.75, 3.05) is 6.61 Å². The van der Waals surface area contributed by atoms with Gasteiger partial charge in [0.05, 0.1) is 29.1 Å². The molecule has 7 aromatic heterocycles. The Kier molecular flexibility index (Phi) is 16.1. The van der Waals surface area contributed by atoms with Crippen LogP contribution in [0.4, 0.5) is 0 Å². The molecule has 0 radical (unpaired) electrons. The van der Waals surface area contributed by atoms with Crippen LogP contribution in [-0.4, -0.2) is 127 Å². The Balaban J connectivity index is 1.12. The zero-order valence-corrected chi connectivity index (χ0v) is 47.2. The lowest BCUT2D eigenvalue weighted by Crippen LogP contribution is -2.52. The molecule has 12 bridgehead atoms. The van der Waals surface area contributed by atoms with Gasteiger partial charge in [-0.2, -0.15) is 4.73 Å². The Bertz CT molecular complexity index is 4040. The fourth-order valence-electron chi connectivity index (χ4n) is 8.57. The van der Waals surface area contributed by atoms with Crippen LogP contribution < -0.4 is 32.3 Å². The second-order valence-corrected chi connectivity index (χ2v) is 22.6. The number of nitrogens with two attached hydrogens (primary N) is 1. The Morgan fingerprint density at radius 3 is 2.16 bits per heavy atom. The number of esters is 2. The van der Waals surface area contributed by atoms with Gasteiger partial charge in [0, 0.05) is 44.3 Å². The molecule has 2 aliphatic rings. The number of ether oxygens (including phenoxy) is 2. The number of benzene rings is 1. The van der Waals surface area contributed by atoms with Crippen LogP contribution in [0, 0.1) is 6.92 Å². The van der Waals surface area contributed by atoms with Crippen LogP contribution >= 0.6 is 56.7 Å². The number of nitrogens with zero attached hydrogens (tertiary/aromatic N) is 7. The summed E-state index contributed by atoms with van der Waals surface area (Å²) in [4.78, 5) is 136. The van der Waals surface area contributed by atoms with E-state index >= 15 is 0 Å². The fourth-order valence-corrected chi connectivity index (χ4v) is 12.7. The number of cyclic esters (lactones) is 2. The molecule has 5 unspecified atom stereocenters. The zero-order chi connectivity index (χ0) is 59.1. The summed E-state index contributed by atoms with van der Waals surface area (Å²) in [7, 11) is 0. The van der Waals surface area contributed by atoms with Gasteiger partial charge in [0.1, 0.15) is 95.9 Å². The van der Waals surface area contributed by atoms with E-state index < -0.39 is 109 Å². The number of pyridine rings is 1. The molecule has 10 rings (SSSR count). The van der Waals surface area contributed by atoms with Crippen LogP contribution in [-0.2, 0) is 30.5 Å². The first-order chi connectivity index (χ1) is 39.7. The second-order valence-electron chi connectivity index (χ2n) is 18.3. The number of aromatic nitrogens is 7. The lowest BCUT2D eigenvalue weighted by Gasteiger charge is -2.21. The maximum Gasteiger partial charge on any atom is 0.358 e. The number of carbonyl (C=O) groups is 8. The van der Waals surface area contributed by atoms with Crippen molar-refractivity contribution in [3.05, 3.63) is 124 Å². The number of aliphatic hydroxyl groups excluding tert-OH is 2. The van der Waals surface area contributed by atoms with E-state index in [1.54, 1.807) is 19.1 Å². The number of primary amides is 1. The first kappa shape index (κ1) is 57.1. The standard InChI is InChI=1S/C51H43N13O14S5/c1-5-23-46-59-28(15-81-46)41(70)55-24-10-33(67)50(74)77-11-21-7-6-8-31-34(21)18(2)38(64(31)76)51(75)78-12-25(56-42(71)29-16-82-47(24)60-29)48-57-26(13-80-48)36-22(45-58-30(14-79-45)43(72)63-35(20(4)65)44(73)54-23)9-32(66)37(62-36)49-61-27(17-83-49)40(69)53-19(3)39(52)68/h5-9,13-17,20,24-25,33,35,65-67,76H,3,10-12H2,1-2,4H3,(H2,52,68)(H,53,69)(H,54,73)(H,55,70)(H,56,71)(H,63,72). The van der Waals surface area contributed by atoms with Crippen molar-refractivity contribution in [1.82, 2.24) is 61.2 Å². The predicted molar refractivity (Wildman–Crippen MR) is 299 cm³/mol. The first-order valence-corrected chi connectivity index (χ1v) is 28.8. The van der Waals surface area contributed by atoms with Gasteiger partial charge in [-0.25, -0.2) is 39.5 Å². The van der Waals surface area contributed by atoms with E-state index in [0.29, 0.717) is 15.7 Å². The molecular weight excluding hydrogens is 1180 g/mol. The number of rotatable bonds is 5. The maximum absolute atomic E-state index is 14.4. The van der Waals surface area contributed by atoms with Crippen LogP contribution in [0.5, 0.6) is 5.75 Å². The van der Waals surface area contributed by atoms with E-state index in [1.165, 1.54) is 59.0 Å². The van der Waals surface area contributed by atoms with Crippen LogP contribution in [0.2, 0.25) is 0 Å². The molecule has 27 nitrogen and oxygen atoms in total. The molecule has 1 aromatic carbocycles. The Hall–Kier alpha value is -9.18. The molecule has 6 amide bonds. The molecule has 32 heteroatoms. The van der Waals surface area contributed by atoms with Crippen molar-refractivity contribution in [3.63, 3.8) is 0 Å². The highest BCUT2D eigenvalue weighted by atomic mass is 32.1. The highest BCUT2D eigenvalue weighted by molar-refractivity contribution is 7.14. The van der Waals surface area contributed by atoms with Crippen LogP contribution in [0.15, 0.2) is 69.5 Å². The van der Waals surface area contributed by atoms with Gasteiger partial charge in [0.2, 0.25) is 5.91 Å².